The van der Waals surface area contributed by atoms with Crippen LogP contribution in [0.3, 0.4) is 0 Å². The van der Waals surface area contributed by atoms with E-state index in [-0.39, 0.29) is 18.1 Å². The van der Waals surface area contributed by atoms with Gasteiger partial charge in [-0.3, -0.25) is 4.79 Å². The summed E-state index contributed by atoms with van der Waals surface area (Å²) in [5.41, 5.74) is 0. The molecule has 4 heteroatoms. The molecule has 0 bridgehead atoms. The van der Waals surface area contributed by atoms with Crippen LogP contribution < -0.4 is 5.32 Å². The van der Waals surface area contributed by atoms with Crippen LogP contribution in [-0.2, 0) is 9.53 Å². The maximum absolute atomic E-state index is 11.5. The quantitative estimate of drug-likeness (QED) is 0.668. The van der Waals surface area contributed by atoms with Gasteiger partial charge in [-0.2, -0.15) is 0 Å². The molecule has 1 rings (SSSR count). The fourth-order valence-corrected chi connectivity index (χ4v) is 1.94. The van der Waals surface area contributed by atoms with E-state index in [1.807, 2.05) is 0 Å². The van der Waals surface area contributed by atoms with Gasteiger partial charge in [-0.1, -0.05) is 12.8 Å². The highest BCUT2D eigenvalue weighted by Gasteiger charge is 2.23. The molecular formula is C11H21NO3. The van der Waals surface area contributed by atoms with Gasteiger partial charge >= 0.3 is 0 Å². The molecule has 2 atom stereocenters. The molecule has 0 saturated heterocycles. The van der Waals surface area contributed by atoms with E-state index in [9.17, 15) is 9.90 Å². The van der Waals surface area contributed by atoms with Crippen LogP contribution in [0, 0.1) is 0 Å². The monoisotopic (exact) mass is 215 g/mol. The summed E-state index contributed by atoms with van der Waals surface area (Å²) >= 11 is 0. The number of aliphatic hydroxyl groups is 1. The average molecular weight is 215 g/mol. The Kier molecular flexibility index (Phi) is 5.65. The lowest BCUT2D eigenvalue weighted by atomic mass is 9.92. The number of ether oxygens (including phenoxy) is 1. The summed E-state index contributed by atoms with van der Waals surface area (Å²) in [6.45, 7) is 0.612. The molecule has 0 heterocycles. The van der Waals surface area contributed by atoms with Crippen molar-refractivity contribution < 1.29 is 14.6 Å². The van der Waals surface area contributed by atoms with Crippen LogP contribution >= 0.6 is 0 Å². The predicted molar refractivity (Wildman–Crippen MR) is 57.5 cm³/mol. The lowest BCUT2D eigenvalue weighted by molar-refractivity contribution is -0.123. The van der Waals surface area contributed by atoms with Crippen molar-refractivity contribution in [2.75, 3.05) is 13.7 Å². The van der Waals surface area contributed by atoms with E-state index in [1.165, 1.54) is 0 Å². The topological polar surface area (TPSA) is 58.6 Å². The van der Waals surface area contributed by atoms with Crippen LogP contribution in [0.15, 0.2) is 0 Å². The van der Waals surface area contributed by atoms with E-state index >= 15 is 0 Å². The molecule has 1 amide bonds. The molecule has 0 radical (unpaired) electrons. The summed E-state index contributed by atoms with van der Waals surface area (Å²) < 4.78 is 4.87. The normalized spacial score (nSPS) is 26.3. The van der Waals surface area contributed by atoms with Crippen molar-refractivity contribution in [1.29, 1.82) is 0 Å². The van der Waals surface area contributed by atoms with Crippen molar-refractivity contribution in [3.63, 3.8) is 0 Å². The largest absolute Gasteiger partial charge is 0.391 e. The maximum Gasteiger partial charge on any atom is 0.220 e. The van der Waals surface area contributed by atoms with Crippen molar-refractivity contribution in [1.82, 2.24) is 5.32 Å². The van der Waals surface area contributed by atoms with Crippen LogP contribution in [0.4, 0.5) is 0 Å². The first-order valence-corrected chi connectivity index (χ1v) is 5.70. The molecule has 15 heavy (non-hydrogen) atoms. The van der Waals surface area contributed by atoms with Gasteiger partial charge in [0.25, 0.3) is 0 Å². The van der Waals surface area contributed by atoms with Crippen molar-refractivity contribution in [3.05, 3.63) is 0 Å². The van der Waals surface area contributed by atoms with Crippen molar-refractivity contribution >= 4 is 5.91 Å². The lowest BCUT2D eigenvalue weighted by Gasteiger charge is -2.28. The molecule has 0 aromatic rings. The molecule has 4 nitrogen and oxygen atoms in total. The highest BCUT2D eigenvalue weighted by Crippen LogP contribution is 2.18. The van der Waals surface area contributed by atoms with Gasteiger partial charge in [0.2, 0.25) is 5.91 Å². The Morgan fingerprint density at radius 3 is 2.87 bits per heavy atom. The fourth-order valence-electron chi connectivity index (χ4n) is 1.94. The first-order chi connectivity index (χ1) is 7.24. The van der Waals surface area contributed by atoms with E-state index in [4.69, 9.17) is 4.74 Å². The minimum atomic E-state index is -0.356. The summed E-state index contributed by atoms with van der Waals surface area (Å²) in [5.74, 6) is 0.0259. The Bertz CT molecular complexity index is 196. The molecule has 0 aliphatic heterocycles. The summed E-state index contributed by atoms with van der Waals surface area (Å²) in [4.78, 5) is 11.5. The highest BCUT2D eigenvalue weighted by molar-refractivity contribution is 5.76. The minimum absolute atomic E-state index is 0.0259. The number of aliphatic hydroxyl groups excluding tert-OH is 1. The molecule has 1 saturated carbocycles. The third kappa shape index (κ3) is 4.62. The second kappa shape index (κ2) is 6.80. The Hall–Kier alpha value is -0.610. The second-order valence-corrected chi connectivity index (χ2v) is 4.12. The number of carbonyl (C=O) groups excluding carboxylic acids is 1. The van der Waals surface area contributed by atoms with Gasteiger partial charge in [0.1, 0.15) is 0 Å². The van der Waals surface area contributed by atoms with Crippen LogP contribution in [-0.4, -0.2) is 36.9 Å². The zero-order valence-corrected chi connectivity index (χ0v) is 9.37. The van der Waals surface area contributed by atoms with E-state index in [0.29, 0.717) is 13.0 Å². The van der Waals surface area contributed by atoms with E-state index in [2.05, 4.69) is 5.32 Å². The van der Waals surface area contributed by atoms with Crippen molar-refractivity contribution in [2.24, 2.45) is 0 Å². The molecule has 0 unspecified atom stereocenters. The zero-order valence-electron chi connectivity index (χ0n) is 9.37. The Morgan fingerprint density at radius 2 is 2.20 bits per heavy atom. The first kappa shape index (κ1) is 12.5. The molecule has 88 valence electrons. The van der Waals surface area contributed by atoms with E-state index in [0.717, 1.165) is 32.1 Å². The predicted octanol–water partition coefficient (Wildman–Crippen LogP) is 0.833. The number of hydrogen-bond donors (Lipinski definition) is 2. The fraction of sp³-hybridized carbons (Fsp3) is 0.909. The zero-order chi connectivity index (χ0) is 11.1. The standard InChI is InChI=1S/C11H21NO3/c1-15-8-4-7-11(14)12-9-5-2-3-6-10(9)13/h9-10,13H,2-8H2,1H3,(H,12,14)/t9-,10-/m0/s1. The summed E-state index contributed by atoms with van der Waals surface area (Å²) in [5, 5.41) is 12.5. The van der Waals surface area contributed by atoms with Crippen LogP contribution in [0.25, 0.3) is 0 Å². The number of rotatable bonds is 5. The molecule has 1 fully saturated rings. The van der Waals surface area contributed by atoms with Gasteiger partial charge in [0.15, 0.2) is 0 Å². The summed E-state index contributed by atoms with van der Waals surface area (Å²) in [6, 6.07) is -0.0335. The summed E-state index contributed by atoms with van der Waals surface area (Å²) in [7, 11) is 1.63. The molecule has 1 aliphatic carbocycles. The maximum atomic E-state index is 11.5. The van der Waals surface area contributed by atoms with Gasteiger partial charge in [0, 0.05) is 20.1 Å². The SMILES string of the molecule is COCCCC(=O)N[C@H]1CCCC[C@@H]1O. The van der Waals surface area contributed by atoms with Crippen LogP contribution in [0.1, 0.15) is 38.5 Å². The van der Waals surface area contributed by atoms with Crippen molar-refractivity contribution in [2.45, 2.75) is 50.7 Å². The molecule has 2 N–H and O–H groups in total. The molecule has 0 aromatic heterocycles. The lowest BCUT2D eigenvalue weighted by Crippen LogP contribution is -2.45. The number of nitrogens with one attached hydrogen (secondary N) is 1. The highest BCUT2D eigenvalue weighted by atomic mass is 16.5. The van der Waals surface area contributed by atoms with Crippen LogP contribution in [0.5, 0.6) is 0 Å². The van der Waals surface area contributed by atoms with Crippen molar-refractivity contribution in [3.8, 4) is 0 Å². The smallest absolute Gasteiger partial charge is 0.220 e. The van der Waals surface area contributed by atoms with Gasteiger partial charge < -0.3 is 15.2 Å². The third-order valence-corrected chi connectivity index (χ3v) is 2.83. The van der Waals surface area contributed by atoms with Gasteiger partial charge in [0.05, 0.1) is 12.1 Å². The van der Waals surface area contributed by atoms with E-state index < -0.39 is 0 Å². The first-order valence-electron chi connectivity index (χ1n) is 5.70. The van der Waals surface area contributed by atoms with Gasteiger partial charge in [-0.25, -0.2) is 0 Å². The summed E-state index contributed by atoms with van der Waals surface area (Å²) in [6.07, 6.45) is 4.74. The van der Waals surface area contributed by atoms with Crippen LogP contribution in [0.2, 0.25) is 0 Å². The Morgan fingerprint density at radius 1 is 1.47 bits per heavy atom. The third-order valence-electron chi connectivity index (χ3n) is 2.83. The molecular weight excluding hydrogens is 194 g/mol. The molecule has 1 aliphatic rings. The molecule has 0 spiro atoms. The number of hydrogen-bond acceptors (Lipinski definition) is 3. The number of methoxy groups -OCH3 is 1. The van der Waals surface area contributed by atoms with E-state index in [1.54, 1.807) is 7.11 Å². The second-order valence-electron chi connectivity index (χ2n) is 4.12. The minimum Gasteiger partial charge on any atom is -0.391 e. The number of carbonyl (C=O) groups is 1. The Labute approximate surface area is 91.0 Å². The Balaban J connectivity index is 2.18. The number of amides is 1. The van der Waals surface area contributed by atoms with Gasteiger partial charge in [-0.05, 0) is 19.3 Å². The average Bonchev–Trinajstić information content (AvgIpc) is 2.22. The molecule has 0 aromatic carbocycles. The van der Waals surface area contributed by atoms with Gasteiger partial charge in [-0.15, -0.1) is 0 Å².